The molecule has 1 amide bonds. The van der Waals surface area contributed by atoms with Crippen molar-refractivity contribution in [1.29, 1.82) is 0 Å². The van der Waals surface area contributed by atoms with Crippen LogP contribution in [0.2, 0.25) is 0 Å². The number of carbonyl (C=O) groups excluding carboxylic acids is 1. The van der Waals surface area contributed by atoms with Gasteiger partial charge >= 0.3 is 0 Å². The second-order valence-corrected chi connectivity index (χ2v) is 7.44. The van der Waals surface area contributed by atoms with Crippen LogP contribution in [0.15, 0.2) is 33.7 Å². The summed E-state index contributed by atoms with van der Waals surface area (Å²) >= 11 is 3.66. The predicted molar refractivity (Wildman–Crippen MR) is 118 cm³/mol. The molecule has 3 N–H and O–H groups in total. The third-order valence-corrected chi connectivity index (χ3v) is 4.90. The van der Waals surface area contributed by atoms with Crippen molar-refractivity contribution in [2.24, 2.45) is 4.99 Å². The first-order chi connectivity index (χ1) is 11.5. The Morgan fingerprint density at radius 1 is 1.28 bits per heavy atom. The summed E-state index contributed by atoms with van der Waals surface area (Å²) in [5.41, 5.74) is 1.54. The first-order valence-electron chi connectivity index (χ1n) is 8.46. The molecule has 7 heteroatoms. The molecule has 5 nitrogen and oxygen atoms in total. The van der Waals surface area contributed by atoms with Gasteiger partial charge in [0.2, 0.25) is 5.91 Å². The number of aliphatic imine (C=N–C) groups is 1. The van der Waals surface area contributed by atoms with Crippen LogP contribution in [0.1, 0.15) is 38.7 Å². The minimum atomic E-state index is 0. The van der Waals surface area contributed by atoms with E-state index in [9.17, 15) is 4.79 Å². The molecule has 1 fully saturated rings. The van der Waals surface area contributed by atoms with Crippen molar-refractivity contribution >= 4 is 51.8 Å². The highest BCUT2D eigenvalue weighted by atomic mass is 127. The van der Waals surface area contributed by atoms with Crippen LogP contribution in [0.3, 0.4) is 0 Å². The van der Waals surface area contributed by atoms with E-state index in [4.69, 9.17) is 0 Å². The molecule has 0 spiro atoms. The van der Waals surface area contributed by atoms with E-state index >= 15 is 0 Å². The molecule has 1 aliphatic rings. The van der Waals surface area contributed by atoms with Gasteiger partial charge in [-0.25, -0.2) is 0 Å². The Labute approximate surface area is 176 Å². The molecule has 0 radical (unpaired) electrons. The van der Waals surface area contributed by atoms with Gasteiger partial charge in [-0.05, 0) is 38.3 Å². The number of nitrogens with zero attached hydrogens (tertiary/aromatic N) is 1. The Balaban J connectivity index is 0.00000312. The molecular formula is C18H28BrIN4O. The Morgan fingerprint density at radius 2 is 1.96 bits per heavy atom. The van der Waals surface area contributed by atoms with Gasteiger partial charge < -0.3 is 16.0 Å². The van der Waals surface area contributed by atoms with Crippen molar-refractivity contribution in [2.75, 3.05) is 20.1 Å². The fraction of sp³-hybridized carbons (Fsp3) is 0.556. The lowest BCUT2D eigenvalue weighted by molar-refractivity contribution is -0.121. The highest BCUT2D eigenvalue weighted by Crippen LogP contribution is 2.49. The quantitative estimate of drug-likeness (QED) is 0.293. The van der Waals surface area contributed by atoms with Crippen molar-refractivity contribution in [3.05, 3.63) is 34.3 Å². The summed E-state index contributed by atoms with van der Waals surface area (Å²) in [6.45, 7) is 5.33. The fourth-order valence-electron chi connectivity index (χ4n) is 2.75. The van der Waals surface area contributed by atoms with Gasteiger partial charge in [0.05, 0.1) is 0 Å². The number of amides is 1. The topological polar surface area (TPSA) is 65.5 Å². The lowest BCUT2D eigenvalue weighted by atomic mass is 9.96. The number of carbonyl (C=O) groups is 1. The van der Waals surface area contributed by atoms with Crippen LogP contribution in [-0.2, 0) is 10.2 Å². The number of halogens is 2. The maximum absolute atomic E-state index is 11.7. The number of nitrogens with one attached hydrogen (secondary N) is 3. The van der Waals surface area contributed by atoms with E-state index in [-0.39, 0.29) is 41.3 Å². The Morgan fingerprint density at radius 3 is 2.52 bits per heavy atom. The van der Waals surface area contributed by atoms with Crippen molar-refractivity contribution in [1.82, 2.24) is 16.0 Å². The number of rotatable bonds is 7. The molecule has 0 bridgehead atoms. The minimum absolute atomic E-state index is 0. The number of benzene rings is 1. The molecule has 0 aromatic heterocycles. The van der Waals surface area contributed by atoms with Gasteiger partial charge in [-0.1, -0.05) is 34.1 Å². The van der Waals surface area contributed by atoms with E-state index < -0.39 is 0 Å². The smallest absolute Gasteiger partial charge is 0.221 e. The summed E-state index contributed by atoms with van der Waals surface area (Å²) in [6.07, 6.45) is 2.79. The summed E-state index contributed by atoms with van der Waals surface area (Å²) in [4.78, 5) is 15.9. The first-order valence-corrected chi connectivity index (χ1v) is 9.25. The van der Waals surface area contributed by atoms with E-state index in [1.807, 2.05) is 19.9 Å². The van der Waals surface area contributed by atoms with Crippen molar-refractivity contribution in [3.8, 4) is 0 Å². The number of hydrogen-bond donors (Lipinski definition) is 3. The molecule has 140 valence electrons. The van der Waals surface area contributed by atoms with Crippen LogP contribution in [0.5, 0.6) is 0 Å². The summed E-state index contributed by atoms with van der Waals surface area (Å²) in [5.74, 6) is 0.797. The van der Waals surface area contributed by atoms with E-state index in [1.165, 1.54) is 18.4 Å². The normalized spacial score (nSPS) is 15.3. The highest BCUT2D eigenvalue weighted by molar-refractivity contribution is 14.0. The van der Waals surface area contributed by atoms with Crippen molar-refractivity contribution in [2.45, 2.75) is 44.6 Å². The SMILES string of the molecule is CN=C(NCCC(=O)NC(C)C)NCC1(c2ccccc2Br)CC1.I. The van der Waals surface area contributed by atoms with Gasteiger partial charge in [0.15, 0.2) is 5.96 Å². The van der Waals surface area contributed by atoms with Crippen LogP contribution in [0, 0.1) is 0 Å². The third-order valence-electron chi connectivity index (χ3n) is 4.21. The Kier molecular flexibility index (Phi) is 9.20. The third kappa shape index (κ3) is 6.77. The predicted octanol–water partition coefficient (Wildman–Crippen LogP) is 3.18. The maximum atomic E-state index is 11.7. The second kappa shape index (κ2) is 10.4. The molecule has 0 saturated heterocycles. The molecule has 1 aromatic carbocycles. The van der Waals surface area contributed by atoms with Gasteiger partial charge in [-0.15, -0.1) is 24.0 Å². The molecule has 1 aromatic rings. The van der Waals surface area contributed by atoms with E-state index in [0.717, 1.165) is 17.0 Å². The summed E-state index contributed by atoms with van der Waals surface area (Å²) in [7, 11) is 1.75. The standard InChI is InChI=1S/C18H27BrN4O.HI/c1-13(2)23-16(24)8-11-21-17(20-3)22-12-18(9-10-18)14-6-4-5-7-15(14)19;/h4-7,13H,8-12H2,1-3H3,(H,23,24)(H2,20,21,22);1H. The zero-order chi connectivity index (χ0) is 17.6. The molecule has 25 heavy (non-hydrogen) atoms. The minimum Gasteiger partial charge on any atom is -0.356 e. The van der Waals surface area contributed by atoms with E-state index in [1.54, 1.807) is 7.05 Å². The number of guanidine groups is 1. The summed E-state index contributed by atoms with van der Waals surface area (Å²) in [6, 6.07) is 8.58. The summed E-state index contributed by atoms with van der Waals surface area (Å²) in [5, 5.41) is 9.49. The Bertz CT molecular complexity index is 602. The molecule has 2 rings (SSSR count). The fourth-order valence-corrected chi connectivity index (χ4v) is 3.45. The molecule has 0 atom stereocenters. The molecule has 0 heterocycles. The molecule has 0 aliphatic heterocycles. The van der Waals surface area contributed by atoms with Crippen molar-refractivity contribution in [3.63, 3.8) is 0 Å². The van der Waals surface area contributed by atoms with Crippen LogP contribution in [0.25, 0.3) is 0 Å². The molecule has 1 aliphatic carbocycles. The molecule has 0 unspecified atom stereocenters. The lowest BCUT2D eigenvalue weighted by Gasteiger charge is -2.20. The van der Waals surface area contributed by atoms with Gasteiger partial charge in [0, 0.05) is 42.5 Å². The van der Waals surface area contributed by atoms with Gasteiger partial charge in [0.25, 0.3) is 0 Å². The lowest BCUT2D eigenvalue weighted by Crippen LogP contribution is -2.42. The average Bonchev–Trinajstić information content (AvgIpc) is 3.31. The largest absolute Gasteiger partial charge is 0.356 e. The van der Waals surface area contributed by atoms with Crippen LogP contribution < -0.4 is 16.0 Å². The Hall–Kier alpha value is -0.830. The zero-order valence-electron chi connectivity index (χ0n) is 15.1. The number of hydrogen-bond acceptors (Lipinski definition) is 2. The van der Waals surface area contributed by atoms with E-state index in [2.05, 4.69) is 55.1 Å². The van der Waals surface area contributed by atoms with Gasteiger partial charge in [-0.3, -0.25) is 9.79 Å². The van der Waals surface area contributed by atoms with E-state index in [0.29, 0.717) is 13.0 Å². The molecular weight excluding hydrogens is 495 g/mol. The zero-order valence-corrected chi connectivity index (χ0v) is 19.0. The first kappa shape index (κ1) is 22.2. The van der Waals surface area contributed by atoms with Crippen LogP contribution in [-0.4, -0.2) is 38.0 Å². The second-order valence-electron chi connectivity index (χ2n) is 6.58. The average molecular weight is 523 g/mol. The van der Waals surface area contributed by atoms with Gasteiger partial charge in [-0.2, -0.15) is 0 Å². The van der Waals surface area contributed by atoms with Gasteiger partial charge in [0.1, 0.15) is 0 Å². The summed E-state index contributed by atoms with van der Waals surface area (Å²) < 4.78 is 1.16. The monoisotopic (exact) mass is 522 g/mol. The van der Waals surface area contributed by atoms with Crippen molar-refractivity contribution < 1.29 is 4.79 Å². The van der Waals surface area contributed by atoms with Crippen LogP contribution in [0.4, 0.5) is 0 Å². The molecule has 1 saturated carbocycles. The maximum Gasteiger partial charge on any atom is 0.221 e. The highest BCUT2D eigenvalue weighted by Gasteiger charge is 2.45. The van der Waals surface area contributed by atoms with Crippen LogP contribution >= 0.6 is 39.9 Å².